The predicted octanol–water partition coefficient (Wildman–Crippen LogP) is 3.64. The second-order valence-electron chi connectivity index (χ2n) is 7.25. The maximum Gasteiger partial charge on any atom is 0.410 e. The van der Waals surface area contributed by atoms with Crippen molar-refractivity contribution in [2.75, 3.05) is 13.2 Å². The van der Waals surface area contributed by atoms with Gasteiger partial charge < -0.3 is 14.7 Å². The van der Waals surface area contributed by atoms with Crippen molar-refractivity contribution in [3.8, 4) is 5.69 Å². The Labute approximate surface area is 167 Å². The van der Waals surface area contributed by atoms with Gasteiger partial charge in [-0.1, -0.05) is 22.0 Å². The predicted molar refractivity (Wildman–Crippen MR) is 108 cm³/mol. The molecule has 0 radical (unpaired) electrons. The first kappa shape index (κ1) is 21.2. The van der Waals surface area contributed by atoms with Gasteiger partial charge in [0, 0.05) is 29.8 Å². The summed E-state index contributed by atoms with van der Waals surface area (Å²) in [5, 5.41) is 9.25. The molecule has 0 atom stereocenters. The second kappa shape index (κ2) is 8.71. The molecule has 1 N–H and O–H groups in total. The van der Waals surface area contributed by atoms with Crippen LogP contribution in [0.2, 0.25) is 0 Å². The highest BCUT2D eigenvalue weighted by atomic mass is 79.9. The fraction of sp³-hybridized carbons (Fsp3) is 0.400. The maximum atomic E-state index is 12.6. The van der Waals surface area contributed by atoms with Crippen LogP contribution in [0.1, 0.15) is 31.9 Å². The van der Waals surface area contributed by atoms with Gasteiger partial charge in [0.05, 0.1) is 12.3 Å². The number of halogens is 1. The van der Waals surface area contributed by atoms with E-state index in [-0.39, 0.29) is 25.3 Å². The Morgan fingerprint density at radius 1 is 1.30 bits per heavy atom. The van der Waals surface area contributed by atoms with Crippen molar-refractivity contribution < 1.29 is 14.6 Å². The minimum atomic E-state index is -0.633. The van der Waals surface area contributed by atoms with Crippen LogP contribution in [0, 0.1) is 6.92 Å². The molecule has 0 saturated heterocycles. The van der Waals surface area contributed by atoms with Gasteiger partial charge in [0.2, 0.25) is 0 Å². The first-order valence-electron chi connectivity index (χ1n) is 8.68. The van der Waals surface area contributed by atoms with Crippen LogP contribution < -0.4 is 5.56 Å². The molecule has 0 saturated carbocycles. The number of nitrogens with zero attached hydrogens (tertiary/aromatic N) is 2. The van der Waals surface area contributed by atoms with Crippen molar-refractivity contribution in [1.29, 1.82) is 0 Å². The second-order valence-corrected chi connectivity index (χ2v) is 8.11. The van der Waals surface area contributed by atoms with E-state index in [2.05, 4.69) is 15.9 Å². The zero-order chi connectivity index (χ0) is 20.2. The van der Waals surface area contributed by atoms with Gasteiger partial charge in [-0.2, -0.15) is 0 Å². The number of ether oxygens (including phenoxy) is 1. The number of benzene rings is 1. The summed E-state index contributed by atoms with van der Waals surface area (Å²) in [6, 6.07) is 8.95. The molecule has 6 nitrogen and oxygen atoms in total. The van der Waals surface area contributed by atoms with Gasteiger partial charge in [-0.3, -0.25) is 9.36 Å². The van der Waals surface area contributed by atoms with Crippen molar-refractivity contribution in [2.24, 2.45) is 0 Å². The van der Waals surface area contributed by atoms with Gasteiger partial charge in [-0.25, -0.2) is 4.79 Å². The van der Waals surface area contributed by atoms with E-state index in [0.717, 1.165) is 15.7 Å². The van der Waals surface area contributed by atoms with Crippen LogP contribution >= 0.6 is 15.9 Å². The average Bonchev–Trinajstić information content (AvgIpc) is 2.56. The third-order valence-electron chi connectivity index (χ3n) is 3.88. The van der Waals surface area contributed by atoms with Gasteiger partial charge in [-0.15, -0.1) is 0 Å². The van der Waals surface area contributed by atoms with E-state index in [1.165, 1.54) is 11.0 Å². The summed E-state index contributed by atoms with van der Waals surface area (Å²) in [6.07, 6.45) is 1.17. The Bertz CT molecular complexity index is 871. The highest BCUT2D eigenvalue weighted by Gasteiger charge is 2.22. The van der Waals surface area contributed by atoms with Gasteiger partial charge in [0.1, 0.15) is 5.60 Å². The van der Waals surface area contributed by atoms with Crippen LogP contribution in [-0.2, 0) is 11.3 Å². The van der Waals surface area contributed by atoms with Crippen LogP contribution in [0.5, 0.6) is 0 Å². The van der Waals surface area contributed by atoms with Crippen LogP contribution in [0.25, 0.3) is 5.69 Å². The topological polar surface area (TPSA) is 71.8 Å². The van der Waals surface area contributed by atoms with Gasteiger partial charge in [0.25, 0.3) is 5.56 Å². The molecule has 1 heterocycles. The minimum Gasteiger partial charge on any atom is -0.444 e. The number of aliphatic hydroxyl groups is 1. The fourth-order valence-corrected chi connectivity index (χ4v) is 2.93. The summed E-state index contributed by atoms with van der Waals surface area (Å²) < 4.78 is 7.85. The number of hydrogen-bond acceptors (Lipinski definition) is 4. The number of carbonyl (C=O) groups is 1. The van der Waals surface area contributed by atoms with Gasteiger partial charge in [0.15, 0.2) is 0 Å². The van der Waals surface area contributed by atoms with Crippen LogP contribution in [-0.4, -0.2) is 39.4 Å². The molecule has 0 aliphatic rings. The van der Waals surface area contributed by atoms with E-state index in [1.54, 1.807) is 37.6 Å². The first-order valence-corrected chi connectivity index (χ1v) is 9.47. The van der Waals surface area contributed by atoms with Gasteiger partial charge >= 0.3 is 6.09 Å². The first-order chi connectivity index (χ1) is 12.6. The SMILES string of the molecule is Cc1c(Br)cccc1-n1ccc(CN(CCO)C(=O)OC(C)(C)C)cc1=O. The molecular formula is C20H25BrN2O4. The Balaban J connectivity index is 2.26. The van der Waals surface area contributed by atoms with Crippen molar-refractivity contribution >= 4 is 22.0 Å². The number of amides is 1. The Kier molecular flexibility index (Phi) is 6.84. The van der Waals surface area contributed by atoms with Crippen molar-refractivity contribution in [3.63, 3.8) is 0 Å². The maximum absolute atomic E-state index is 12.6. The van der Waals surface area contributed by atoms with Gasteiger partial charge in [-0.05, 0) is 57.0 Å². The number of rotatable bonds is 5. The minimum absolute atomic E-state index is 0.128. The normalized spacial score (nSPS) is 11.3. The van der Waals surface area contributed by atoms with E-state index in [9.17, 15) is 14.7 Å². The average molecular weight is 437 g/mol. The molecule has 0 bridgehead atoms. The zero-order valence-corrected chi connectivity index (χ0v) is 17.6. The monoisotopic (exact) mass is 436 g/mol. The lowest BCUT2D eigenvalue weighted by Crippen LogP contribution is -2.38. The molecule has 0 aliphatic heterocycles. The molecule has 0 fully saturated rings. The van der Waals surface area contributed by atoms with E-state index in [4.69, 9.17) is 4.74 Å². The lowest BCUT2D eigenvalue weighted by molar-refractivity contribution is 0.0201. The highest BCUT2D eigenvalue weighted by Crippen LogP contribution is 2.21. The van der Waals surface area contributed by atoms with E-state index in [0.29, 0.717) is 5.56 Å². The summed E-state index contributed by atoms with van der Waals surface area (Å²) in [5.41, 5.74) is 1.60. The summed E-state index contributed by atoms with van der Waals surface area (Å²) in [4.78, 5) is 26.3. The number of aliphatic hydroxyl groups excluding tert-OH is 1. The standard InChI is InChI=1S/C20H25BrN2O4/c1-14-16(21)6-5-7-17(14)23-9-8-15(12-18(23)25)13-22(10-11-24)19(26)27-20(2,3)4/h5-9,12,24H,10-11,13H2,1-4H3. The van der Waals surface area contributed by atoms with Crippen molar-refractivity contribution in [1.82, 2.24) is 9.47 Å². The fourth-order valence-electron chi connectivity index (χ4n) is 2.58. The molecule has 1 aromatic carbocycles. The molecule has 27 heavy (non-hydrogen) atoms. The molecule has 0 unspecified atom stereocenters. The van der Waals surface area contributed by atoms with Crippen LogP contribution in [0.3, 0.4) is 0 Å². The summed E-state index contributed by atoms with van der Waals surface area (Å²) in [5.74, 6) is 0. The molecule has 146 valence electrons. The summed E-state index contributed by atoms with van der Waals surface area (Å²) in [7, 11) is 0. The number of hydrogen-bond donors (Lipinski definition) is 1. The third kappa shape index (κ3) is 5.68. The Hall–Kier alpha value is -2.12. The van der Waals surface area contributed by atoms with Crippen LogP contribution in [0.15, 0.2) is 45.8 Å². The van der Waals surface area contributed by atoms with E-state index in [1.807, 2.05) is 25.1 Å². The molecule has 7 heteroatoms. The zero-order valence-electron chi connectivity index (χ0n) is 16.0. The van der Waals surface area contributed by atoms with Crippen molar-refractivity contribution in [3.05, 3.63) is 62.5 Å². The van der Waals surface area contributed by atoms with E-state index < -0.39 is 11.7 Å². The largest absolute Gasteiger partial charge is 0.444 e. The summed E-state index contributed by atoms with van der Waals surface area (Å²) in [6.45, 7) is 7.40. The molecule has 0 spiro atoms. The molecule has 2 aromatic rings. The van der Waals surface area contributed by atoms with E-state index >= 15 is 0 Å². The van der Waals surface area contributed by atoms with Crippen molar-refractivity contribution in [2.45, 2.75) is 39.8 Å². The Morgan fingerprint density at radius 2 is 2.00 bits per heavy atom. The molecule has 2 rings (SSSR count). The highest BCUT2D eigenvalue weighted by molar-refractivity contribution is 9.10. The lowest BCUT2D eigenvalue weighted by Gasteiger charge is -2.27. The molecule has 0 aliphatic carbocycles. The summed E-state index contributed by atoms with van der Waals surface area (Å²) >= 11 is 3.48. The third-order valence-corrected chi connectivity index (χ3v) is 4.74. The molecular weight excluding hydrogens is 412 g/mol. The molecule has 1 aromatic heterocycles. The molecule has 1 amide bonds. The Morgan fingerprint density at radius 3 is 2.59 bits per heavy atom. The number of pyridine rings is 1. The quantitative estimate of drug-likeness (QED) is 0.776. The lowest BCUT2D eigenvalue weighted by atomic mass is 10.2. The number of aromatic nitrogens is 1. The smallest absolute Gasteiger partial charge is 0.410 e. The van der Waals surface area contributed by atoms with Crippen LogP contribution in [0.4, 0.5) is 4.79 Å². The number of carbonyl (C=O) groups excluding carboxylic acids is 1.